The van der Waals surface area contributed by atoms with E-state index in [-0.39, 0.29) is 10.6 Å². The molecule has 1 aliphatic heterocycles. The molecule has 0 radical (unpaired) electrons. The lowest BCUT2D eigenvalue weighted by molar-refractivity contribution is -0.383. The molecule has 4 aromatic rings. The van der Waals surface area contributed by atoms with Gasteiger partial charge in [0.15, 0.2) is 0 Å². The third-order valence-corrected chi connectivity index (χ3v) is 7.02. The summed E-state index contributed by atoms with van der Waals surface area (Å²) in [7, 11) is 3.93. The van der Waals surface area contributed by atoms with Crippen LogP contribution < -0.4 is 10.6 Å². The number of aromatic nitrogens is 3. The summed E-state index contributed by atoms with van der Waals surface area (Å²) in [4.78, 5) is 22.7. The van der Waals surface area contributed by atoms with Gasteiger partial charge in [-0.15, -0.1) is 0 Å². The number of rotatable bonds is 9. The summed E-state index contributed by atoms with van der Waals surface area (Å²) in [6.45, 7) is 4.33. The lowest BCUT2D eigenvalue weighted by Gasteiger charge is -2.15. The van der Waals surface area contributed by atoms with Gasteiger partial charge in [-0.05, 0) is 50.6 Å². The van der Waals surface area contributed by atoms with Gasteiger partial charge in [-0.2, -0.15) is 0 Å². The van der Waals surface area contributed by atoms with E-state index in [0.717, 1.165) is 42.4 Å². The molecule has 0 atom stereocenters. The molecule has 10 heteroatoms. The topological polar surface area (TPSA) is 101 Å². The van der Waals surface area contributed by atoms with Crippen LogP contribution in [0.25, 0.3) is 22.2 Å². The number of hydrogen-bond acceptors (Lipinski definition) is 7. The standard InChI is InChI=1S/C27H30ClN7O2/c1-4-17-13-23(29-10-12-33(2)3)24(35(36)37)14-22(17)31-27-30-15-21(28)25(32-27)20-16-34-11-6-8-18-7-5-9-19(20)26(18)34/h5,7,9,13-16,29H,4,6,8,10-12H2,1-3H3,(H,30,31,32). The average molecular weight is 520 g/mol. The summed E-state index contributed by atoms with van der Waals surface area (Å²) in [6.07, 6.45) is 6.53. The lowest BCUT2D eigenvalue weighted by Crippen LogP contribution is -2.21. The maximum atomic E-state index is 11.9. The fourth-order valence-corrected chi connectivity index (χ4v) is 5.12. The molecule has 0 saturated heterocycles. The molecule has 3 heterocycles. The molecule has 0 amide bonds. The van der Waals surface area contributed by atoms with Crippen molar-refractivity contribution in [2.24, 2.45) is 0 Å². The van der Waals surface area contributed by atoms with Gasteiger partial charge in [0, 0.05) is 42.8 Å². The Balaban J connectivity index is 1.51. The third kappa shape index (κ3) is 4.97. The number of nitro benzene ring substituents is 1. The fourth-order valence-electron chi connectivity index (χ4n) is 4.93. The van der Waals surface area contributed by atoms with Crippen molar-refractivity contribution in [3.05, 3.63) is 69.0 Å². The number of benzene rings is 2. The molecule has 9 nitrogen and oxygen atoms in total. The molecule has 37 heavy (non-hydrogen) atoms. The predicted molar refractivity (Wildman–Crippen MR) is 149 cm³/mol. The summed E-state index contributed by atoms with van der Waals surface area (Å²) in [6, 6.07) is 9.73. The lowest BCUT2D eigenvalue weighted by atomic mass is 10.0. The van der Waals surface area contributed by atoms with E-state index in [1.54, 1.807) is 12.3 Å². The first-order valence-corrected chi connectivity index (χ1v) is 12.8. The molecule has 5 rings (SSSR count). The van der Waals surface area contributed by atoms with Gasteiger partial charge >= 0.3 is 0 Å². The average Bonchev–Trinajstić information content (AvgIpc) is 3.25. The number of para-hydroxylation sites is 1. The molecule has 0 spiro atoms. The first-order chi connectivity index (χ1) is 17.9. The normalized spacial score (nSPS) is 12.8. The van der Waals surface area contributed by atoms with Crippen LogP contribution in [0.5, 0.6) is 0 Å². The first-order valence-electron chi connectivity index (χ1n) is 12.5. The van der Waals surface area contributed by atoms with Crippen LogP contribution in [-0.2, 0) is 19.4 Å². The van der Waals surface area contributed by atoms with Crippen molar-refractivity contribution in [1.82, 2.24) is 19.4 Å². The van der Waals surface area contributed by atoms with Crippen LogP contribution in [-0.4, -0.2) is 51.5 Å². The van der Waals surface area contributed by atoms with Crippen molar-refractivity contribution < 1.29 is 4.92 Å². The molecule has 2 N–H and O–H groups in total. The van der Waals surface area contributed by atoms with Crippen molar-refractivity contribution >= 4 is 45.5 Å². The zero-order valence-electron chi connectivity index (χ0n) is 21.2. The molecule has 0 aliphatic carbocycles. The Morgan fingerprint density at radius 3 is 2.84 bits per heavy atom. The van der Waals surface area contributed by atoms with E-state index in [9.17, 15) is 10.1 Å². The second kappa shape index (κ2) is 10.4. The zero-order valence-corrected chi connectivity index (χ0v) is 22.0. The molecular weight excluding hydrogens is 490 g/mol. The van der Waals surface area contributed by atoms with Crippen molar-refractivity contribution in [2.45, 2.75) is 32.7 Å². The Bertz CT molecular complexity index is 1480. The molecular formula is C27H30ClN7O2. The minimum Gasteiger partial charge on any atom is -0.378 e. The van der Waals surface area contributed by atoms with Gasteiger partial charge in [-0.25, -0.2) is 9.97 Å². The Morgan fingerprint density at radius 2 is 2.08 bits per heavy atom. The quantitative estimate of drug-likeness (QED) is 0.210. The number of anilines is 3. The van der Waals surface area contributed by atoms with E-state index >= 15 is 0 Å². The number of nitro groups is 1. The maximum absolute atomic E-state index is 11.9. The zero-order chi connectivity index (χ0) is 26.1. The number of halogens is 1. The van der Waals surface area contributed by atoms with Crippen LogP contribution in [0.1, 0.15) is 24.5 Å². The summed E-state index contributed by atoms with van der Waals surface area (Å²) in [5.74, 6) is 0.337. The van der Waals surface area contributed by atoms with Gasteiger partial charge in [0.05, 0.1) is 33.0 Å². The third-order valence-electron chi connectivity index (χ3n) is 6.75. The molecule has 0 saturated carbocycles. The molecule has 192 valence electrons. The van der Waals surface area contributed by atoms with Crippen LogP contribution in [0.3, 0.4) is 0 Å². The summed E-state index contributed by atoms with van der Waals surface area (Å²) < 4.78 is 2.27. The smallest absolute Gasteiger partial charge is 0.294 e. The molecule has 2 aromatic heterocycles. The first kappa shape index (κ1) is 25.0. The van der Waals surface area contributed by atoms with Crippen molar-refractivity contribution in [3.63, 3.8) is 0 Å². The highest BCUT2D eigenvalue weighted by molar-refractivity contribution is 6.33. The Morgan fingerprint density at radius 1 is 1.24 bits per heavy atom. The maximum Gasteiger partial charge on any atom is 0.294 e. The Kier molecular flexibility index (Phi) is 6.99. The van der Waals surface area contributed by atoms with Crippen LogP contribution in [0, 0.1) is 10.1 Å². The van der Waals surface area contributed by atoms with Crippen LogP contribution in [0.2, 0.25) is 5.02 Å². The monoisotopic (exact) mass is 519 g/mol. The number of nitrogens with one attached hydrogen (secondary N) is 2. The van der Waals surface area contributed by atoms with Gasteiger partial charge in [-0.3, -0.25) is 10.1 Å². The van der Waals surface area contributed by atoms with Gasteiger partial charge in [0.1, 0.15) is 5.69 Å². The predicted octanol–water partition coefficient (Wildman–Crippen LogP) is 5.89. The number of nitrogens with zero attached hydrogens (tertiary/aromatic N) is 5. The van der Waals surface area contributed by atoms with Crippen molar-refractivity contribution in [2.75, 3.05) is 37.8 Å². The van der Waals surface area contributed by atoms with E-state index in [1.165, 1.54) is 11.1 Å². The second-order valence-corrected chi connectivity index (χ2v) is 9.94. The SMILES string of the molecule is CCc1cc(NCCN(C)C)c([N+](=O)[O-])cc1Nc1ncc(Cl)c(-c2cn3c4c(cccc24)CCC3)n1. The fraction of sp³-hybridized carbons (Fsp3) is 0.333. The van der Waals surface area contributed by atoms with E-state index < -0.39 is 0 Å². The van der Waals surface area contributed by atoms with Gasteiger partial charge in [-0.1, -0.05) is 36.7 Å². The van der Waals surface area contributed by atoms with E-state index in [0.29, 0.717) is 41.0 Å². The summed E-state index contributed by atoms with van der Waals surface area (Å²) in [5, 5.41) is 19.9. The highest BCUT2D eigenvalue weighted by Crippen LogP contribution is 2.38. The van der Waals surface area contributed by atoms with E-state index in [4.69, 9.17) is 16.6 Å². The van der Waals surface area contributed by atoms with Gasteiger partial charge in [0.2, 0.25) is 5.95 Å². The molecule has 1 aliphatic rings. The second-order valence-electron chi connectivity index (χ2n) is 9.54. The largest absolute Gasteiger partial charge is 0.378 e. The summed E-state index contributed by atoms with van der Waals surface area (Å²) >= 11 is 6.60. The minimum atomic E-state index is -0.370. The number of aryl methyl sites for hydroxylation is 3. The van der Waals surface area contributed by atoms with Crippen LogP contribution in [0.15, 0.2) is 42.7 Å². The van der Waals surface area contributed by atoms with Crippen LogP contribution in [0.4, 0.5) is 23.0 Å². The Labute approximate surface area is 220 Å². The molecule has 2 aromatic carbocycles. The van der Waals surface area contributed by atoms with E-state index in [1.807, 2.05) is 32.0 Å². The molecule has 0 unspecified atom stereocenters. The van der Waals surface area contributed by atoms with Crippen molar-refractivity contribution in [1.29, 1.82) is 0 Å². The minimum absolute atomic E-state index is 0.00151. The van der Waals surface area contributed by atoms with Crippen LogP contribution >= 0.6 is 11.6 Å². The Hall–Kier alpha value is -3.69. The van der Waals surface area contributed by atoms with E-state index in [2.05, 4.69) is 44.6 Å². The molecule has 0 fully saturated rings. The van der Waals surface area contributed by atoms with Gasteiger partial charge < -0.3 is 20.1 Å². The number of hydrogen-bond donors (Lipinski definition) is 2. The highest BCUT2D eigenvalue weighted by Gasteiger charge is 2.21. The number of likely N-dealkylation sites (N-methyl/N-ethyl adjacent to an activating group) is 1. The highest BCUT2D eigenvalue weighted by atomic mass is 35.5. The molecule has 0 bridgehead atoms. The van der Waals surface area contributed by atoms with Gasteiger partial charge in [0.25, 0.3) is 5.69 Å². The van der Waals surface area contributed by atoms with Crippen molar-refractivity contribution in [3.8, 4) is 11.3 Å². The summed E-state index contributed by atoms with van der Waals surface area (Å²) in [5.41, 5.74) is 6.18.